The summed E-state index contributed by atoms with van der Waals surface area (Å²) in [5.41, 5.74) is 2.15. The molecule has 0 fully saturated rings. The van der Waals surface area contributed by atoms with Gasteiger partial charge in [0.1, 0.15) is 0 Å². The minimum Gasteiger partial charge on any atom is -0.325 e. The zero-order valence-electron chi connectivity index (χ0n) is 12.4. The van der Waals surface area contributed by atoms with E-state index in [0.717, 1.165) is 17.1 Å². The van der Waals surface area contributed by atoms with Gasteiger partial charge in [0.25, 0.3) is 0 Å². The molecule has 0 unspecified atom stereocenters. The Kier molecular flexibility index (Phi) is 5.81. The molecule has 0 saturated carbocycles. The Hall–Kier alpha value is -1.81. The van der Waals surface area contributed by atoms with Crippen molar-refractivity contribution >= 4 is 23.4 Å². The zero-order valence-corrected chi connectivity index (χ0v) is 13.2. The normalized spacial score (nSPS) is 11.9. The molecule has 0 aliphatic carbocycles. The summed E-state index contributed by atoms with van der Waals surface area (Å²) in [7, 11) is 0. The molecule has 0 bridgehead atoms. The quantitative estimate of drug-likeness (QED) is 0.808. The van der Waals surface area contributed by atoms with E-state index in [4.69, 9.17) is 0 Å². The van der Waals surface area contributed by atoms with Crippen molar-refractivity contribution in [2.75, 3.05) is 11.1 Å². The second-order valence-corrected chi connectivity index (χ2v) is 5.93. The number of nitrogens with zero attached hydrogens (tertiary/aromatic N) is 1. The van der Waals surface area contributed by atoms with Gasteiger partial charge in [0.2, 0.25) is 5.91 Å². The maximum absolute atomic E-state index is 11.9. The molecule has 1 aromatic carbocycles. The number of pyridine rings is 1. The maximum atomic E-state index is 11.9. The van der Waals surface area contributed by atoms with Crippen molar-refractivity contribution in [1.29, 1.82) is 0 Å². The van der Waals surface area contributed by atoms with Crippen molar-refractivity contribution in [3.05, 3.63) is 54.2 Å². The van der Waals surface area contributed by atoms with Gasteiger partial charge < -0.3 is 5.32 Å². The number of hydrogen-bond donors (Lipinski definition) is 1. The van der Waals surface area contributed by atoms with E-state index in [1.807, 2.05) is 30.3 Å². The van der Waals surface area contributed by atoms with Crippen molar-refractivity contribution in [2.45, 2.75) is 31.2 Å². The van der Waals surface area contributed by atoms with Gasteiger partial charge in [-0.1, -0.05) is 43.8 Å². The molecular weight excluding hydrogens is 280 g/mol. The summed E-state index contributed by atoms with van der Waals surface area (Å²) in [6.07, 6.45) is 2.85. The predicted molar refractivity (Wildman–Crippen MR) is 88.7 cm³/mol. The lowest BCUT2D eigenvalue weighted by atomic mass is 9.99. The Bertz CT molecular complexity index is 569. The van der Waals surface area contributed by atoms with Gasteiger partial charge in [-0.3, -0.25) is 4.79 Å². The van der Waals surface area contributed by atoms with Gasteiger partial charge in [-0.15, -0.1) is 0 Å². The molecule has 0 radical (unpaired) electrons. The average Bonchev–Trinajstić information content (AvgIpc) is 2.54. The third-order valence-electron chi connectivity index (χ3n) is 3.36. The van der Waals surface area contributed by atoms with E-state index in [0.29, 0.717) is 11.7 Å². The maximum Gasteiger partial charge on any atom is 0.234 e. The molecule has 0 spiro atoms. The predicted octanol–water partition coefficient (Wildman–Crippen LogP) is 4.33. The molecular formula is C17H20N2OS. The van der Waals surface area contributed by atoms with Crippen LogP contribution in [-0.2, 0) is 4.79 Å². The lowest BCUT2D eigenvalue weighted by molar-refractivity contribution is -0.113. The fourth-order valence-electron chi connectivity index (χ4n) is 1.90. The van der Waals surface area contributed by atoms with Crippen LogP contribution in [0.25, 0.3) is 0 Å². The third kappa shape index (κ3) is 4.90. The number of carbonyl (C=O) groups excluding carboxylic acids is 1. The largest absolute Gasteiger partial charge is 0.325 e. The van der Waals surface area contributed by atoms with E-state index in [9.17, 15) is 4.79 Å². The Morgan fingerprint density at radius 3 is 2.62 bits per heavy atom. The van der Waals surface area contributed by atoms with Gasteiger partial charge in [-0.2, -0.15) is 0 Å². The van der Waals surface area contributed by atoms with Crippen LogP contribution in [0.4, 0.5) is 5.69 Å². The van der Waals surface area contributed by atoms with Crippen LogP contribution in [0.5, 0.6) is 0 Å². The summed E-state index contributed by atoms with van der Waals surface area (Å²) in [6.45, 7) is 4.38. The standard InChI is InChI=1S/C17H20N2OS/c1-3-13(2)14-7-9-15(10-8-14)19-16(20)12-21-17-6-4-5-11-18-17/h4-11,13H,3,12H2,1-2H3,(H,19,20)/t13-/m0/s1. The molecule has 0 saturated heterocycles. The Morgan fingerprint density at radius 2 is 2.00 bits per heavy atom. The molecule has 1 atom stereocenters. The van der Waals surface area contributed by atoms with Crippen molar-refractivity contribution < 1.29 is 4.79 Å². The van der Waals surface area contributed by atoms with Gasteiger partial charge >= 0.3 is 0 Å². The van der Waals surface area contributed by atoms with Gasteiger partial charge in [-0.05, 0) is 42.2 Å². The molecule has 1 N–H and O–H groups in total. The summed E-state index contributed by atoms with van der Waals surface area (Å²) in [4.78, 5) is 16.1. The summed E-state index contributed by atoms with van der Waals surface area (Å²) in [6, 6.07) is 13.8. The Labute approximate surface area is 130 Å². The number of amides is 1. The van der Waals surface area contributed by atoms with E-state index < -0.39 is 0 Å². The first-order valence-electron chi connectivity index (χ1n) is 7.12. The average molecular weight is 300 g/mol. The highest BCUT2D eigenvalue weighted by Gasteiger charge is 2.06. The third-order valence-corrected chi connectivity index (χ3v) is 4.31. The van der Waals surface area contributed by atoms with Crippen LogP contribution in [0.15, 0.2) is 53.7 Å². The van der Waals surface area contributed by atoms with Gasteiger partial charge in [0.05, 0.1) is 10.8 Å². The van der Waals surface area contributed by atoms with E-state index in [2.05, 4.69) is 36.3 Å². The van der Waals surface area contributed by atoms with E-state index in [-0.39, 0.29) is 5.91 Å². The Morgan fingerprint density at radius 1 is 1.24 bits per heavy atom. The molecule has 21 heavy (non-hydrogen) atoms. The van der Waals surface area contributed by atoms with Gasteiger partial charge in [0, 0.05) is 11.9 Å². The van der Waals surface area contributed by atoms with Crippen molar-refractivity contribution in [2.24, 2.45) is 0 Å². The van der Waals surface area contributed by atoms with Gasteiger partial charge in [-0.25, -0.2) is 4.98 Å². The molecule has 0 aliphatic rings. The number of anilines is 1. The number of nitrogens with one attached hydrogen (secondary N) is 1. The minimum atomic E-state index is -0.0121. The number of carbonyl (C=O) groups is 1. The molecule has 0 aliphatic heterocycles. The summed E-state index contributed by atoms with van der Waals surface area (Å²) >= 11 is 1.44. The van der Waals surface area contributed by atoms with Crippen molar-refractivity contribution in [3.63, 3.8) is 0 Å². The minimum absolute atomic E-state index is 0.0121. The van der Waals surface area contributed by atoms with Crippen molar-refractivity contribution in [3.8, 4) is 0 Å². The van der Waals surface area contributed by atoms with Crippen LogP contribution in [-0.4, -0.2) is 16.6 Å². The lowest BCUT2D eigenvalue weighted by Crippen LogP contribution is -2.14. The highest BCUT2D eigenvalue weighted by molar-refractivity contribution is 7.99. The summed E-state index contributed by atoms with van der Waals surface area (Å²) in [5, 5.41) is 3.77. The number of benzene rings is 1. The van der Waals surface area contributed by atoms with Gasteiger partial charge in [0.15, 0.2) is 0 Å². The highest BCUT2D eigenvalue weighted by Crippen LogP contribution is 2.21. The number of aromatic nitrogens is 1. The number of rotatable bonds is 6. The van der Waals surface area contributed by atoms with Crippen molar-refractivity contribution in [1.82, 2.24) is 4.98 Å². The topological polar surface area (TPSA) is 42.0 Å². The fraction of sp³-hybridized carbons (Fsp3) is 0.294. The monoisotopic (exact) mass is 300 g/mol. The first-order valence-corrected chi connectivity index (χ1v) is 8.11. The molecule has 110 valence electrons. The lowest BCUT2D eigenvalue weighted by Gasteiger charge is -2.10. The second-order valence-electron chi connectivity index (χ2n) is 4.94. The number of hydrogen-bond acceptors (Lipinski definition) is 3. The van der Waals surface area contributed by atoms with E-state index in [1.54, 1.807) is 6.20 Å². The highest BCUT2D eigenvalue weighted by atomic mass is 32.2. The molecule has 4 heteroatoms. The van der Waals surface area contributed by atoms with Crippen LogP contribution >= 0.6 is 11.8 Å². The molecule has 2 rings (SSSR count). The molecule has 2 aromatic rings. The van der Waals surface area contributed by atoms with Crippen LogP contribution in [0.1, 0.15) is 31.7 Å². The fourth-order valence-corrected chi connectivity index (χ4v) is 2.56. The molecule has 1 aromatic heterocycles. The smallest absolute Gasteiger partial charge is 0.234 e. The van der Waals surface area contributed by atoms with Crippen LogP contribution in [0, 0.1) is 0 Å². The van der Waals surface area contributed by atoms with Crippen LogP contribution < -0.4 is 5.32 Å². The SMILES string of the molecule is CC[C@H](C)c1ccc(NC(=O)CSc2ccccn2)cc1. The summed E-state index contributed by atoms with van der Waals surface area (Å²) < 4.78 is 0. The van der Waals surface area contributed by atoms with E-state index >= 15 is 0 Å². The first kappa shape index (κ1) is 15.6. The summed E-state index contributed by atoms with van der Waals surface area (Å²) in [5.74, 6) is 0.904. The van der Waals surface area contributed by atoms with E-state index in [1.165, 1.54) is 17.3 Å². The Balaban J connectivity index is 1.85. The second kappa shape index (κ2) is 7.84. The molecule has 1 heterocycles. The van der Waals surface area contributed by atoms with Crippen LogP contribution in [0.2, 0.25) is 0 Å². The molecule has 1 amide bonds. The number of thioether (sulfide) groups is 1. The zero-order chi connectivity index (χ0) is 15.1. The van der Waals surface area contributed by atoms with Crippen LogP contribution in [0.3, 0.4) is 0 Å². The molecule has 3 nitrogen and oxygen atoms in total. The first-order chi connectivity index (χ1) is 10.2.